The number of aromatic hydroxyl groups is 1. The number of carboxylic acids is 1. The van der Waals surface area contributed by atoms with Crippen LogP contribution in [0.5, 0.6) is 5.75 Å². The first-order valence-corrected chi connectivity index (χ1v) is 11.2. The minimum absolute atomic E-state index is 0.0242. The summed E-state index contributed by atoms with van der Waals surface area (Å²) in [6.45, 7) is 0.576. The summed E-state index contributed by atoms with van der Waals surface area (Å²) in [4.78, 5) is 48.3. The number of carbonyl (C=O) groups excluding carboxylic acids is 3. The lowest BCUT2D eigenvalue weighted by molar-refractivity contribution is -0.139. The van der Waals surface area contributed by atoms with Crippen LogP contribution >= 0.6 is 11.8 Å². The molecule has 8 N–H and O–H groups in total. The standard InChI is InChI=1S/C20H30N4O7S/c1-11(25)17(20(31)22-10-16(27)28)24-19(30)15(9-12-3-5-13(26)6-4-12)23-18(29)14(21)7-8-32-2/h3-6,11,14-15,17,25-26H,7-10,21H2,1-2H3,(H,22,31)(H,23,29)(H,24,30)(H,27,28). The van der Waals surface area contributed by atoms with Gasteiger partial charge >= 0.3 is 5.97 Å². The van der Waals surface area contributed by atoms with E-state index in [0.717, 1.165) is 0 Å². The molecular formula is C20H30N4O7S. The van der Waals surface area contributed by atoms with Crippen LogP contribution in [0.2, 0.25) is 0 Å². The van der Waals surface area contributed by atoms with Crippen LogP contribution in [0.3, 0.4) is 0 Å². The molecule has 0 bridgehead atoms. The molecular weight excluding hydrogens is 440 g/mol. The van der Waals surface area contributed by atoms with Gasteiger partial charge in [0.1, 0.15) is 24.4 Å². The van der Waals surface area contributed by atoms with Crippen LogP contribution in [0.4, 0.5) is 0 Å². The highest BCUT2D eigenvalue weighted by molar-refractivity contribution is 7.98. The molecule has 3 amide bonds. The molecule has 0 saturated heterocycles. The Bertz CT molecular complexity index is 789. The second kappa shape index (κ2) is 13.6. The molecule has 0 fully saturated rings. The number of phenolic OH excluding ortho intramolecular Hbond substituents is 1. The second-order valence-corrected chi connectivity index (χ2v) is 8.14. The number of hydrogen-bond donors (Lipinski definition) is 7. The van der Waals surface area contributed by atoms with Crippen molar-refractivity contribution in [3.05, 3.63) is 29.8 Å². The van der Waals surface area contributed by atoms with Gasteiger partial charge in [-0.05, 0) is 43.0 Å². The van der Waals surface area contributed by atoms with Crippen molar-refractivity contribution in [2.75, 3.05) is 18.6 Å². The number of phenols is 1. The molecule has 1 rings (SSSR count). The molecule has 0 saturated carbocycles. The van der Waals surface area contributed by atoms with E-state index in [4.69, 9.17) is 10.8 Å². The summed E-state index contributed by atoms with van der Waals surface area (Å²) in [5.41, 5.74) is 6.50. The zero-order valence-electron chi connectivity index (χ0n) is 17.9. The number of carboxylic acid groups (broad SMARTS) is 1. The van der Waals surface area contributed by atoms with Gasteiger partial charge < -0.3 is 37.0 Å². The Morgan fingerprint density at radius 1 is 1.06 bits per heavy atom. The van der Waals surface area contributed by atoms with Gasteiger partial charge in [-0.3, -0.25) is 19.2 Å². The number of hydrogen-bond acceptors (Lipinski definition) is 8. The number of aliphatic carboxylic acids is 1. The third-order valence-corrected chi connectivity index (χ3v) is 5.10. The minimum Gasteiger partial charge on any atom is -0.508 e. The summed E-state index contributed by atoms with van der Waals surface area (Å²) >= 11 is 1.52. The highest BCUT2D eigenvalue weighted by Gasteiger charge is 2.30. The molecule has 4 atom stereocenters. The van der Waals surface area contributed by atoms with Gasteiger partial charge in [-0.1, -0.05) is 12.1 Å². The molecule has 0 aliphatic rings. The Kier molecular flexibility index (Phi) is 11.5. The summed E-state index contributed by atoms with van der Waals surface area (Å²) < 4.78 is 0. The smallest absolute Gasteiger partial charge is 0.322 e. The van der Waals surface area contributed by atoms with Gasteiger partial charge in [0.25, 0.3) is 0 Å². The van der Waals surface area contributed by atoms with Crippen molar-refractivity contribution in [3.63, 3.8) is 0 Å². The molecule has 1 aromatic rings. The monoisotopic (exact) mass is 470 g/mol. The van der Waals surface area contributed by atoms with E-state index in [2.05, 4.69) is 16.0 Å². The fraction of sp³-hybridized carbons (Fsp3) is 0.500. The molecule has 0 aliphatic heterocycles. The summed E-state index contributed by atoms with van der Waals surface area (Å²) in [5, 5.41) is 35.1. The fourth-order valence-corrected chi connectivity index (χ4v) is 3.15. The van der Waals surface area contributed by atoms with E-state index in [1.807, 2.05) is 6.26 Å². The van der Waals surface area contributed by atoms with E-state index in [1.54, 1.807) is 12.1 Å². The maximum atomic E-state index is 12.9. The maximum absolute atomic E-state index is 12.9. The van der Waals surface area contributed by atoms with Gasteiger partial charge in [0.05, 0.1) is 12.1 Å². The van der Waals surface area contributed by atoms with Crippen LogP contribution in [-0.2, 0) is 25.6 Å². The van der Waals surface area contributed by atoms with Crippen molar-refractivity contribution in [1.29, 1.82) is 0 Å². The Labute approximate surface area is 190 Å². The largest absolute Gasteiger partial charge is 0.508 e. The van der Waals surface area contributed by atoms with Crippen LogP contribution < -0.4 is 21.7 Å². The predicted molar refractivity (Wildman–Crippen MR) is 119 cm³/mol. The lowest BCUT2D eigenvalue weighted by atomic mass is 10.0. The minimum atomic E-state index is -1.44. The SMILES string of the molecule is CSCCC(N)C(=O)NC(Cc1ccc(O)cc1)C(=O)NC(C(=O)NCC(=O)O)C(C)O. The normalized spacial score (nSPS) is 14.5. The summed E-state index contributed by atoms with van der Waals surface area (Å²) in [6.07, 6.45) is 0.962. The first kappa shape index (κ1) is 27.2. The number of aliphatic hydroxyl groups is 1. The predicted octanol–water partition coefficient (Wildman–Crippen LogP) is -1.43. The zero-order valence-corrected chi connectivity index (χ0v) is 18.7. The lowest BCUT2D eigenvalue weighted by Crippen LogP contribution is -2.59. The Hall–Kier alpha value is -2.83. The molecule has 11 nitrogen and oxygen atoms in total. The van der Waals surface area contributed by atoms with Gasteiger partial charge in [-0.25, -0.2) is 0 Å². The van der Waals surface area contributed by atoms with Gasteiger partial charge in [-0.15, -0.1) is 0 Å². The molecule has 1 aromatic carbocycles. The molecule has 0 aromatic heterocycles. The van der Waals surface area contributed by atoms with E-state index in [0.29, 0.717) is 17.7 Å². The van der Waals surface area contributed by atoms with Crippen LogP contribution in [0.1, 0.15) is 18.9 Å². The van der Waals surface area contributed by atoms with Crippen LogP contribution in [0.25, 0.3) is 0 Å². The number of carbonyl (C=O) groups is 4. The highest BCUT2D eigenvalue weighted by Crippen LogP contribution is 2.12. The number of rotatable bonds is 13. The molecule has 32 heavy (non-hydrogen) atoms. The van der Waals surface area contributed by atoms with Gasteiger partial charge in [0, 0.05) is 6.42 Å². The topological polar surface area (TPSA) is 191 Å². The van der Waals surface area contributed by atoms with Crippen molar-refractivity contribution in [2.24, 2.45) is 5.73 Å². The van der Waals surface area contributed by atoms with E-state index < -0.39 is 54.5 Å². The average Bonchev–Trinajstić information content (AvgIpc) is 2.74. The number of amides is 3. The Morgan fingerprint density at radius 2 is 1.69 bits per heavy atom. The van der Waals surface area contributed by atoms with E-state index in [-0.39, 0.29) is 12.2 Å². The van der Waals surface area contributed by atoms with Gasteiger partial charge in [0.15, 0.2) is 0 Å². The zero-order chi connectivity index (χ0) is 24.3. The van der Waals surface area contributed by atoms with E-state index in [1.165, 1.54) is 30.8 Å². The third kappa shape index (κ3) is 9.54. The summed E-state index contributed by atoms with van der Waals surface area (Å²) in [5.74, 6) is -2.81. The number of nitrogens with two attached hydrogens (primary N) is 1. The molecule has 0 spiro atoms. The van der Waals surface area contributed by atoms with Crippen molar-refractivity contribution in [1.82, 2.24) is 16.0 Å². The summed E-state index contributed by atoms with van der Waals surface area (Å²) in [6, 6.07) is 2.57. The van der Waals surface area contributed by atoms with E-state index >= 15 is 0 Å². The summed E-state index contributed by atoms with van der Waals surface area (Å²) in [7, 11) is 0. The third-order valence-electron chi connectivity index (χ3n) is 4.46. The molecule has 0 aliphatic carbocycles. The van der Waals surface area contributed by atoms with Crippen LogP contribution in [-0.4, -0.2) is 81.8 Å². The van der Waals surface area contributed by atoms with Crippen LogP contribution in [0.15, 0.2) is 24.3 Å². The molecule has 178 valence electrons. The maximum Gasteiger partial charge on any atom is 0.322 e. The Balaban J connectivity index is 3.00. The first-order valence-electron chi connectivity index (χ1n) is 9.85. The molecule has 4 unspecified atom stereocenters. The fourth-order valence-electron chi connectivity index (χ4n) is 2.66. The number of nitrogens with one attached hydrogen (secondary N) is 3. The number of aliphatic hydroxyl groups excluding tert-OH is 1. The van der Waals surface area contributed by atoms with Gasteiger partial charge in [-0.2, -0.15) is 11.8 Å². The number of benzene rings is 1. The number of thioether (sulfide) groups is 1. The molecule has 12 heteroatoms. The second-order valence-electron chi connectivity index (χ2n) is 7.16. The van der Waals surface area contributed by atoms with E-state index in [9.17, 15) is 29.4 Å². The highest BCUT2D eigenvalue weighted by atomic mass is 32.2. The van der Waals surface area contributed by atoms with Crippen LogP contribution in [0, 0.1) is 0 Å². The molecule has 0 radical (unpaired) electrons. The Morgan fingerprint density at radius 3 is 2.22 bits per heavy atom. The quantitative estimate of drug-likeness (QED) is 0.181. The van der Waals surface area contributed by atoms with Crippen molar-refractivity contribution in [2.45, 2.75) is 44.0 Å². The first-order chi connectivity index (χ1) is 15.0. The van der Waals surface area contributed by atoms with Crippen molar-refractivity contribution in [3.8, 4) is 5.75 Å². The van der Waals surface area contributed by atoms with Crippen molar-refractivity contribution < 1.29 is 34.5 Å². The lowest BCUT2D eigenvalue weighted by Gasteiger charge is -2.25. The molecule has 0 heterocycles. The average molecular weight is 471 g/mol. The van der Waals surface area contributed by atoms with Crippen molar-refractivity contribution >= 4 is 35.5 Å². The van der Waals surface area contributed by atoms with Gasteiger partial charge in [0.2, 0.25) is 17.7 Å².